The van der Waals surface area contributed by atoms with Crippen LogP contribution < -0.4 is 0 Å². The van der Waals surface area contributed by atoms with Gasteiger partial charge in [-0.1, -0.05) is 19.8 Å². The molecule has 0 saturated carbocycles. The van der Waals surface area contributed by atoms with E-state index in [0.29, 0.717) is 0 Å². The standard InChI is InChI=1S/C12H16N2O/c1-2-3-4-8-14-9-7-11(13-14)12-6-5-10-15-12/h5-7,9-10H,2-4,8H2,1H3. The number of hydrogen-bond acceptors (Lipinski definition) is 2. The summed E-state index contributed by atoms with van der Waals surface area (Å²) >= 11 is 0. The monoisotopic (exact) mass is 204 g/mol. The molecule has 3 nitrogen and oxygen atoms in total. The van der Waals surface area contributed by atoms with Crippen LogP contribution in [0, 0.1) is 0 Å². The summed E-state index contributed by atoms with van der Waals surface area (Å²) < 4.78 is 7.26. The SMILES string of the molecule is CCCCCn1ccc(-c2ccco2)n1. The third kappa shape index (κ3) is 2.49. The van der Waals surface area contributed by atoms with E-state index in [1.165, 1.54) is 19.3 Å². The Labute approximate surface area is 89.7 Å². The lowest BCUT2D eigenvalue weighted by atomic mass is 10.2. The van der Waals surface area contributed by atoms with Gasteiger partial charge in [0, 0.05) is 12.7 Å². The largest absolute Gasteiger partial charge is 0.463 e. The molecule has 2 heterocycles. The van der Waals surface area contributed by atoms with Crippen molar-refractivity contribution in [3.05, 3.63) is 30.7 Å². The van der Waals surface area contributed by atoms with Crippen LogP contribution in [0.1, 0.15) is 26.2 Å². The fraction of sp³-hybridized carbons (Fsp3) is 0.417. The minimum atomic E-state index is 0.837. The molecular formula is C12H16N2O. The maximum absolute atomic E-state index is 5.28. The third-order valence-corrected chi connectivity index (χ3v) is 2.41. The molecule has 15 heavy (non-hydrogen) atoms. The van der Waals surface area contributed by atoms with Gasteiger partial charge in [-0.05, 0) is 24.6 Å². The van der Waals surface area contributed by atoms with E-state index in [1.54, 1.807) is 6.26 Å². The Morgan fingerprint density at radius 2 is 2.27 bits per heavy atom. The van der Waals surface area contributed by atoms with Crippen LogP contribution in [-0.2, 0) is 6.54 Å². The van der Waals surface area contributed by atoms with Crippen molar-refractivity contribution in [3.63, 3.8) is 0 Å². The highest BCUT2D eigenvalue weighted by molar-refractivity contribution is 5.50. The van der Waals surface area contributed by atoms with Crippen LogP contribution in [0.5, 0.6) is 0 Å². The number of aryl methyl sites for hydroxylation is 1. The lowest BCUT2D eigenvalue weighted by molar-refractivity contribution is 0.546. The first-order valence-electron chi connectivity index (χ1n) is 5.47. The number of unbranched alkanes of at least 4 members (excludes halogenated alkanes) is 2. The Bertz CT molecular complexity index is 389. The summed E-state index contributed by atoms with van der Waals surface area (Å²) in [5.74, 6) is 0.837. The van der Waals surface area contributed by atoms with Gasteiger partial charge in [-0.3, -0.25) is 4.68 Å². The molecule has 0 saturated heterocycles. The van der Waals surface area contributed by atoms with E-state index >= 15 is 0 Å². The maximum Gasteiger partial charge on any atom is 0.154 e. The predicted octanol–water partition coefficient (Wildman–Crippen LogP) is 3.33. The topological polar surface area (TPSA) is 31.0 Å². The summed E-state index contributed by atoms with van der Waals surface area (Å²) in [6.07, 6.45) is 7.37. The lowest BCUT2D eigenvalue weighted by Gasteiger charge is -1.99. The molecule has 0 radical (unpaired) electrons. The molecule has 0 spiro atoms. The molecular weight excluding hydrogens is 188 g/mol. The molecule has 2 aromatic rings. The van der Waals surface area contributed by atoms with Gasteiger partial charge >= 0.3 is 0 Å². The fourth-order valence-electron chi connectivity index (χ4n) is 1.57. The van der Waals surface area contributed by atoms with Crippen LogP contribution in [0.25, 0.3) is 11.5 Å². The Morgan fingerprint density at radius 3 is 3.00 bits per heavy atom. The van der Waals surface area contributed by atoms with Crippen LogP contribution in [0.4, 0.5) is 0 Å². The van der Waals surface area contributed by atoms with Gasteiger partial charge in [-0.25, -0.2) is 0 Å². The van der Waals surface area contributed by atoms with E-state index < -0.39 is 0 Å². The Kier molecular flexibility index (Phi) is 3.22. The first-order chi connectivity index (χ1) is 7.40. The van der Waals surface area contributed by atoms with Gasteiger partial charge in [0.2, 0.25) is 0 Å². The highest BCUT2D eigenvalue weighted by Gasteiger charge is 2.03. The van der Waals surface area contributed by atoms with E-state index in [9.17, 15) is 0 Å². The zero-order valence-electron chi connectivity index (χ0n) is 9.02. The Hall–Kier alpha value is -1.51. The second-order valence-electron chi connectivity index (χ2n) is 3.65. The van der Waals surface area contributed by atoms with E-state index in [-0.39, 0.29) is 0 Å². The molecule has 0 aliphatic carbocycles. The summed E-state index contributed by atoms with van der Waals surface area (Å²) in [5.41, 5.74) is 0.913. The van der Waals surface area contributed by atoms with Gasteiger partial charge in [-0.15, -0.1) is 0 Å². The van der Waals surface area contributed by atoms with Crippen molar-refractivity contribution in [2.24, 2.45) is 0 Å². The summed E-state index contributed by atoms with van der Waals surface area (Å²) in [6.45, 7) is 3.20. The quantitative estimate of drug-likeness (QED) is 0.699. The second-order valence-corrected chi connectivity index (χ2v) is 3.65. The van der Waals surface area contributed by atoms with Crippen LogP contribution in [-0.4, -0.2) is 9.78 Å². The van der Waals surface area contributed by atoms with Crippen LogP contribution in [0.2, 0.25) is 0 Å². The molecule has 0 amide bonds. The minimum absolute atomic E-state index is 0.837. The molecule has 0 N–H and O–H groups in total. The van der Waals surface area contributed by atoms with Crippen molar-refractivity contribution in [1.29, 1.82) is 0 Å². The zero-order chi connectivity index (χ0) is 10.5. The molecule has 0 aromatic carbocycles. The summed E-state index contributed by atoms with van der Waals surface area (Å²) in [6, 6.07) is 5.80. The predicted molar refractivity (Wildman–Crippen MR) is 59.5 cm³/mol. The molecule has 80 valence electrons. The lowest BCUT2D eigenvalue weighted by Crippen LogP contribution is -1.98. The summed E-state index contributed by atoms with van der Waals surface area (Å²) in [4.78, 5) is 0. The van der Waals surface area contributed by atoms with Gasteiger partial charge in [0.05, 0.1) is 6.26 Å². The highest BCUT2D eigenvalue weighted by atomic mass is 16.3. The molecule has 0 unspecified atom stereocenters. The molecule has 0 atom stereocenters. The Balaban J connectivity index is 1.98. The van der Waals surface area contributed by atoms with Gasteiger partial charge < -0.3 is 4.42 Å². The van der Waals surface area contributed by atoms with Crippen molar-refractivity contribution < 1.29 is 4.42 Å². The van der Waals surface area contributed by atoms with Crippen LogP contribution in [0.15, 0.2) is 35.1 Å². The average Bonchev–Trinajstić information content (AvgIpc) is 2.87. The molecule has 0 aliphatic rings. The second kappa shape index (κ2) is 4.82. The molecule has 3 heteroatoms. The zero-order valence-corrected chi connectivity index (χ0v) is 9.02. The number of hydrogen-bond donors (Lipinski definition) is 0. The highest BCUT2D eigenvalue weighted by Crippen LogP contribution is 2.16. The number of nitrogens with zero attached hydrogens (tertiary/aromatic N) is 2. The van der Waals surface area contributed by atoms with Crippen molar-refractivity contribution in [2.75, 3.05) is 0 Å². The smallest absolute Gasteiger partial charge is 0.154 e. The van der Waals surface area contributed by atoms with Crippen molar-refractivity contribution >= 4 is 0 Å². The number of furan rings is 1. The molecule has 2 aromatic heterocycles. The van der Waals surface area contributed by atoms with E-state index in [1.807, 2.05) is 29.1 Å². The van der Waals surface area contributed by atoms with Gasteiger partial charge in [0.15, 0.2) is 5.76 Å². The number of rotatable bonds is 5. The first-order valence-corrected chi connectivity index (χ1v) is 5.47. The van der Waals surface area contributed by atoms with Crippen LogP contribution >= 0.6 is 0 Å². The number of aromatic nitrogens is 2. The van der Waals surface area contributed by atoms with E-state index in [2.05, 4.69) is 12.0 Å². The Morgan fingerprint density at radius 1 is 1.33 bits per heavy atom. The van der Waals surface area contributed by atoms with Crippen molar-refractivity contribution in [1.82, 2.24) is 9.78 Å². The first kappa shape index (κ1) is 10.0. The van der Waals surface area contributed by atoms with Crippen molar-refractivity contribution in [3.8, 4) is 11.5 Å². The third-order valence-electron chi connectivity index (χ3n) is 2.41. The van der Waals surface area contributed by atoms with Gasteiger partial charge in [0.25, 0.3) is 0 Å². The van der Waals surface area contributed by atoms with Gasteiger partial charge in [-0.2, -0.15) is 5.10 Å². The van der Waals surface area contributed by atoms with Crippen molar-refractivity contribution in [2.45, 2.75) is 32.7 Å². The molecule has 2 rings (SSSR count). The summed E-state index contributed by atoms with van der Waals surface area (Å²) in [7, 11) is 0. The van der Waals surface area contributed by atoms with Gasteiger partial charge in [0.1, 0.15) is 5.69 Å². The van der Waals surface area contributed by atoms with E-state index in [4.69, 9.17) is 4.42 Å². The molecule has 0 aliphatic heterocycles. The van der Waals surface area contributed by atoms with Crippen LogP contribution in [0.3, 0.4) is 0 Å². The maximum atomic E-state index is 5.28. The molecule has 0 bridgehead atoms. The normalized spacial score (nSPS) is 10.7. The fourth-order valence-corrected chi connectivity index (χ4v) is 1.57. The minimum Gasteiger partial charge on any atom is -0.463 e. The van der Waals surface area contributed by atoms with E-state index in [0.717, 1.165) is 18.0 Å². The average molecular weight is 204 g/mol. The summed E-state index contributed by atoms with van der Waals surface area (Å²) in [5, 5.41) is 4.45. The molecule has 0 fully saturated rings.